The van der Waals surface area contributed by atoms with Crippen LogP contribution in [-0.4, -0.2) is 18.4 Å². The van der Waals surface area contributed by atoms with Crippen molar-refractivity contribution in [2.45, 2.75) is 20.3 Å². The Morgan fingerprint density at radius 2 is 1.81 bits per heavy atom. The Hall–Kier alpha value is -1.84. The monoisotopic (exact) mass is 221 g/mol. The van der Waals surface area contributed by atoms with Crippen LogP contribution in [0.15, 0.2) is 24.3 Å². The molecule has 1 N–H and O–H groups in total. The molecule has 0 atom stereocenters. The second-order valence-corrected chi connectivity index (χ2v) is 3.47. The average molecular weight is 221 g/mol. The van der Waals surface area contributed by atoms with E-state index in [0.29, 0.717) is 12.3 Å². The van der Waals surface area contributed by atoms with E-state index >= 15 is 0 Å². The van der Waals surface area contributed by atoms with Crippen molar-refractivity contribution in [3.05, 3.63) is 29.8 Å². The molecule has 86 valence electrons. The van der Waals surface area contributed by atoms with Crippen LogP contribution in [0.25, 0.3) is 0 Å². The van der Waals surface area contributed by atoms with E-state index in [4.69, 9.17) is 4.74 Å². The molecule has 0 aliphatic rings. The largest absolute Gasteiger partial charge is 0.427 e. The van der Waals surface area contributed by atoms with Crippen LogP contribution in [0.3, 0.4) is 0 Å². The van der Waals surface area contributed by atoms with Crippen molar-refractivity contribution < 1.29 is 14.3 Å². The maximum atomic E-state index is 10.7. The zero-order chi connectivity index (χ0) is 12.0. The molecule has 0 saturated carbocycles. The van der Waals surface area contributed by atoms with Gasteiger partial charge in [0, 0.05) is 20.4 Å². The quantitative estimate of drug-likeness (QED) is 0.615. The number of carbonyl (C=O) groups is 2. The third-order valence-electron chi connectivity index (χ3n) is 1.97. The minimum Gasteiger partial charge on any atom is -0.427 e. The highest BCUT2D eigenvalue weighted by atomic mass is 16.5. The van der Waals surface area contributed by atoms with Gasteiger partial charge in [-0.3, -0.25) is 9.59 Å². The molecule has 4 nitrogen and oxygen atoms in total. The molecule has 0 fully saturated rings. The predicted molar refractivity (Wildman–Crippen MR) is 60.1 cm³/mol. The Bertz CT molecular complexity index is 370. The number of benzene rings is 1. The molecular weight excluding hydrogens is 206 g/mol. The van der Waals surface area contributed by atoms with Gasteiger partial charge in [-0.25, -0.2) is 0 Å². The van der Waals surface area contributed by atoms with E-state index in [2.05, 4.69) is 5.32 Å². The Morgan fingerprint density at radius 3 is 2.31 bits per heavy atom. The van der Waals surface area contributed by atoms with Gasteiger partial charge in [-0.15, -0.1) is 0 Å². The van der Waals surface area contributed by atoms with Gasteiger partial charge in [0.2, 0.25) is 5.91 Å². The van der Waals surface area contributed by atoms with Crippen molar-refractivity contribution in [1.82, 2.24) is 5.32 Å². The lowest BCUT2D eigenvalue weighted by atomic mass is 10.1. The Balaban J connectivity index is 2.45. The average Bonchev–Trinajstić information content (AvgIpc) is 2.19. The summed E-state index contributed by atoms with van der Waals surface area (Å²) in [6, 6.07) is 7.23. The lowest BCUT2D eigenvalue weighted by Gasteiger charge is -2.04. The van der Waals surface area contributed by atoms with Gasteiger partial charge in [-0.2, -0.15) is 0 Å². The zero-order valence-corrected chi connectivity index (χ0v) is 9.45. The van der Waals surface area contributed by atoms with Crippen molar-refractivity contribution in [3.63, 3.8) is 0 Å². The third kappa shape index (κ3) is 4.59. The first-order chi connectivity index (χ1) is 7.58. The molecular formula is C12H15NO3. The number of hydrogen-bond acceptors (Lipinski definition) is 3. The molecule has 0 saturated heterocycles. The molecule has 0 aliphatic carbocycles. The van der Waals surface area contributed by atoms with Gasteiger partial charge >= 0.3 is 5.97 Å². The summed E-state index contributed by atoms with van der Waals surface area (Å²) in [5.41, 5.74) is 1.09. The third-order valence-corrected chi connectivity index (χ3v) is 1.97. The van der Waals surface area contributed by atoms with E-state index in [-0.39, 0.29) is 11.9 Å². The van der Waals surface area contributed by atoms with Gasteiger partial charge in [-0.05, 0) is 24.1 Å². The molecule has 0 aliphatic heterocycles. The molecule has 0 unspecified atom stereocenters. The second-order valence-electron chi connectivity index (χ2n) is 3.47. The molecule has 1 aromatic rings. The summed E-state index contributed by atoms with van der Waals surface area (Å²) in [5.74, 6) is 0.179. The Labute approximate surface area is 94.6 Å². The normalized spacial score (nSPS) is 9.62. The number of hydrogen-bond donors (Lipinski definition) is 1. The summed E-state index contributed by atoms with van der Waals surface area (Å²) < 4.78 is 4.90. The summed E-state index contributed by atoms with van der Waals surface area (Å²) in [7, 11) is 0. The minimum atomic E-state index is -0.328. The molecule has 0 aromatic heterocycles. The summed E-state index contributed by atoms with van der Waals surface area (Å²) in [4.78, 5) is 21.3. The fourth-order valence-electron chi connectivity index (χ4n) is 1.27. The lowest BCUT2D eigenvalue weighted by Crippen LogP contribution is -2.22. The number of esters is 1. The van der Waals surface area contributed by atoms with E-state index < -0.39 is 0 Å². The molecule has 0 bridgehead atoms. The molecule has 4 heteroatoms. The Morgan fingerprint density at radius 1 is 1.19 bits per heavy atom. The summed E-state index contributed by atoms with van der Waals surface area (Å²) >= 11 is 0. The maximum absolute atomic E-state index is 10.7. The molecule has 1 rings (SSSR count). The van der Waals surface area contributed by atoms with Crippen LogP contribution >= 0.6 is 0 Å². The topological polar surface area (TPSA) is 55.4 Å². The molecule has 16 heavy (non-hydrogen) atoms. The fourth-order valence-corrected chi connectivity index (χ4v) is 1.27. The number of carbonyl (C=O) groups excluding carboxylic acids is 2. The van der Waals surface area contributed by atoms with E-state index in [0.717, 1.165) is 12.0 Å². The van der Waals surface area contributed by atoms with Crippen molar-refractivity contribution in [2.24, 2.45) is 0 Å². The SMILES string of the molecule is CC(=O)NCCc1ccc(OC(C)=O)cc1. The molecule has 0 spiro atoms. The highest BCUT2D eigenvalue weighted by Gasteiger charge is 1.98. The number of ether oxygens (including phenoxy) is 1. The summed E-state index contributed by atoms with van der Waals surface area (Å²) in [6.45, 7) is 3.47. The first-order valence-corrected chi connectivity index (χ1v) is 5.09. The number of rotatable bonds is 4. The second kappa shape index (κ2) is 5.90. The van der Waals surface area contributed by atoms with Crippen LogP contribution in [0.5, 0.6) is 5.75 Å². The van der Waals surface area contributed by atoms with Crippen LogP contribution in [0.2, 0.25) is 0 Å². The van der Waals surface area contributed by atoms with E-state index in [1.54, 1.807) is 12.1 Å². The smallest absolute Gasteiger partial charge is 0.308 e. The first kappa shape index (κ1) is 12.2. The van der Waals surface area contributed by atoms with Crippen LogP contribution in [0, 0.1) is 0 Å². The van der Waals surface area contributed by atoms with Crippen molar-refractivity contribution in [3.8, 4) is 5.75 Å². The van der Waals surface area contributed by atoms with Gasteiger partial charge in [0.05, 0.1) is 0 Å². The van der Waals surface area contributed by atoms with E-state index in [9.17, 15) is 9.59 Å². The number of nitrogens with one attached hydrogen (secondary N) is 1. The summed E-state index contributed by atoms with van der Waals surface area (Å²) in [6.07, 6.45) is 0.764. The van der Waals surface area contributed by atoms with E-state index in [1.807, 2.05) is 12.1 Å². The van der Waals surface area contributed by atoms with Crippen molar-refractivity contribution >= 4 is 11.9 Å². The highest BCUT2D eigenvalue weighted by molar-refractivity contribution is 5.72. The van der Waals surface area contributed by atoms with Crippen molar-refractivity contribution in [2.75, 3.05) is 6.54 Å². The van der Waals surface area contributed by atoms with Gasteiger partial charge in [0.1, 0.15) is 5.75 Å². The van der Waals surface area contributed by atoms with E-state index in [1.165, 1.54) is 13.8 Å². The molecule has 1 aromatic carbocycles. The van der Waals surface area contributed by atoms with Gasteiger partial charge in [-0.1, -0.05) is 12.1 Å². The molecule has 0 radical (unpaired) electrons. The molecule has 1 amide bonds. The van der Waals surface area contributed by atoms with Gasteiger partial charge < -0.3 is 10.1 Å². The molecule has 0 heterocycles. The van der Waals surface area contributed by atoms with Crippen molar-refractivity contribution in [1.29, 1.82) is 0 Å². The Kier molecular flexibility index (Phi) is 4.51. The van der Waals surface area contributed by atoms with Crippen LogP contribution < -0.4 is 10.1 Å². The lowest BCUT2D eigenvalue weighted by molar-refractivity contribution is -0.131. The fraction of sp³-hybridized carbons (Fsp3) is 0.333. The van der Waals surface area contributed by atoms with Crippen LogP contribution in [0.4, 0.5) is 0 Å². The zero-order valence-electron chi connectivity index (χ0n) is 9.45. The number of amides is 1. The predicted octanol–water partition coefficient (Wildman–Crippen LogP) is 1.29. The van der Waals surface area contributed by atoms with Crippen LogP contribution in [0.1, 0.15) is 19.4 Å². The standard InChI is InChI=1S/C12H15NO3/c1-9(14)13-8-7-11-3-5-12(6-4-11)16-10(2)15/h3-6H,7-8H2,1-2H3,(H,13,14). The maximum Gasteiger partial charge on any atom is 0.308 e. The first-order valence-electron chi connectivity index (χ1n) is 5.09. The summed E-state index contributed by atoms with van der Waals surface area (Å²) in [5, 5.41) is 2.72. The van der Waals surface area contributed by atoms with Gasteiger partial charge in [0.15, 0.2) is 0 Å². The highest BCUT2D eigenvalue weighted by Crippen LogP contribution is 2.12. The minimum absolute atomic E-state index is 0.0310. The van der Waals surface area contributed by atoms with Gasteiger partial charge in [0.25, 0.3) is 0 Å². The van der Waals surface area contributed by atoms with Crippen LogP contribution in [-0.2, 0) is 16.0 Å².